The van der Waals surface area contributed by atoms with Gasteiger partial charge in [-0.25, -0.2) is 9.59 Å². The summed E-state index contributed by atoms with van der Waals surface area (Å²) < 4.78 is 43.4. The molecule has 1 aliphatic heterocycles. The van der Waals surface area contributed by atoms with Gasteiger partial charge in [0, 0.05) is 71.1 Å². The van der Waals surface area contributed by atoms with Gasteiger partial charge in [-0.3, -0.25) is 4.79 Å². The second-order valence-corrected chi connectivity index (χ2v) is 14.6. The molecule has 5 aliphatic carbocycles. The number of benzene rings is 1. The van der Waals surface area contributed by atoms with Gasteiger partial charge < -0.3 is 48.3 Å². The van der Waals surface area contributed by atoms with Crippen LogP contribution >= 0.6 is 0 Å². The van der Waals surface area contributed by atoms with E-state index in [1.165, 1.54) is 21.1 Å². The maximum atomic E-state index is 13.9. The Balaban J connectivity index is 1.50. The van der Waals surface area contributed by atoms with Crippen molar-refractivity contribution < 1.29 is 57.8 Å². The fourth-order valence-electron chi connectivity index (χ4n) is 12.4. The second-order valence-electron chi connectivity index (χ2n) is 14.6. The molecule has 258 valence electrons. The van der Waals surface area contributed by atoms with E-state index < -0.39 is 76.4 Å². The maximum absolute atomic E-state index is 13.9. The number of carbonyl (C=O) groups is 3. The van der Waals surface area contributed by atoms with Crippen molar-refractivity contribution >= 4 is 18.1 Å². The molecule has 0 amide bonds. The minimum atomic E-state index is -1.62. The summed E-state index contributed by atoms with van der Waals surface area (Å²) in [5.41, 5.74) is -3.92. The molecule has 6 aliphatic rings. The summed E-state index contributed by atoms with van der Waals surface area (Å²) in [5, 5.41) is 22.3. The third kappa shape index (κ3) is 4.01. The highest BCUT2D eigenvalue weighted by molar-refractivity contribution is 5.89. The molecule has 0 radical (unpaired) electrons. The fourth-order valence-corrected chi connectivity index (χ4v) is 12.4. The number of rotatable bonds is 9. The van der Waals surface area contributed by atoms with E-state index in [0.29, 0.717) is 31.4 Å². The molecule has 1 saturated heterocycles. The predicted molar refractivity (Wildman–Crippen MR) is 161 cm³/mol. The highest BCUT2D eigenvalue weighted by Gasteiger charge is 2.91. The number of carboxylic acid groups (broad SMARTS) is 1. The van der Waals surface area contributed by atoms with Crippen LogP contribution in [0.3, 0.4) is 0 Å². The van der Waals surface area contributed by atoms with E-state index in [0.717, 1.165) is 0 Å². The van der Waals surface area contributed by atoms with Gasteiger partial charge in [0.25, 0.3) is 0 Å². The summed E-state index contributed by atoms with van der Waals surface area (Å²) in [7, 11) is 8.27. The lowest BCUT2D eigenvalue weighted by Gasteiger charge is -2.68. The lowest BCUT2D eigenvalue weighted by molar-refractivity contribution is -0.314. The number of aliphatic hydroxyl groups excluding tert-OH is 1. The van der Waals surface area contributed by atoms with Crippen LogP contribution in [0.5, 0.6) is 0 Å². The molecule has 13 nitrogen and oxygen atoms in total. The van der Waals surface area contributed by atoms with Crippen molar-refractivity contribution in [2.24, 2.45) is 34.5 Å². The van der Waals surface area contributed by atoms with Gasteiger partial charge in [-0.15, -0.1) is 0 Å². The van der Waals surface area contributed by atoms with Gasteiger partial charge in [0.15, 0.2) is 5.60 Å². The molecule has 7 bridgehead atoms. The van der Waals surface area contributed by atoms with Crippen LogP contribution in [0.15, 0.2) is 30.3 Å². The van der Waals surface area contributed by atoms with Crippen LogP contribution in [-0.4, -0.2) is 130 Å². The number of methoxy groups -OCH3 is 4. The molecule has 1 aromatic carbocycles. The first kappa shape index (κ1) is 32.7. The van der Waals surface area contributed by atoms with E-state index in [9.17, 15) is 24.6 Å². The first-order chi connectivity index (χ1) is 22.4. The smallest absolute Gasteiger partial charge is 0.455 e. The Morgan fingerprint density at radius 3 is 2.28 bits per heavy atom. The quantitative estimate of drug-likeness (QED) is 0.293. The summed E-state index contributed by atoms with van der Waals surface area (Å²) in [6, 6.07) is 8.36. The van der Waals surface area contributed by atoms with Crippen molar-refractivity contribution in [3.05, 3.63) is 35.9 Å². The van der Waals surface area contributed by atoms with Crippen molar-refractivity contribution in [3.63, 3.8) is 0 Å². The molecule has 13 heteroatoms. The standard InChI is InChI=1S/C34H45NO12/c1-17(36)47-34-21-20(14-33(44-6,28(43-5)26(34)37)27(21)46-29(38)18-10-8-7-9-11-18)32-13-19(41-3)12-31(16-45-30(39)40)15-35(2)25(32)22(34)23(42-4)24(31)32/h7-11,19-28,37H,12-16H2,1-6H3,(H,39,40). The molecular weight excluding hydrogens is 614 g/mol. The third-order valence-corrected chi connectivity index (χ3v) is 13.1. The average Bonchev–Trinajstić information content (AvgIpc) is 3.45. The van der Waals surface area contributed by atoms with Gasteiger partial charge in [0.2, 0.25) is 0 Å². The van der Waals surface area contributed by atoms with Crippen LogP contribution in [0.2, 0.25) is 0 Å². The number of aliphatic hydroxyl groups is 1. The summed E-state index contributed by atoms with van der Waals surface area (Å²) in [6.45, 7) is 1.71. The lowest BCUT2D eigenvalue weighted by Crippen LogP contribution is -2.79. The monoisotopic (exact) mass is 659 g/mol. The zero-order chi connectivity index (χ0) is 33.7. The molecule has 2 N–H and O–H groups in total. The van der Waals surface area contributed by atoms with Crippen LogP contribution in [0.1, 0.15) is 36.5 Å². The van der Waals surface area contributed by atoms with Gasteiger partial charge >= 0.3 is 18.1 Å². The molecular formula is C34H45NO12. The van der Waals surface area contributed by atoms with E-state index in [2.05, 4.69) is 4.90 Å². The van der Waals surface area contributed by atoms with Gasteiger partial charge in [-0.1, -0.05) is 18.2 Å². The van der Waals surface area contributed by atoms with Crippen molar-refractivity contribution in [1.82, 2.24) is 4.90 Å². The van der Waals surface area contributed by atoms with E-state index in [-0.39, 0.29) is 30.6 Å². The normalized spacial score (nSPS) is 47.3. The first-order valence-electron chi connectivity index (χ1n) is 16.3. The summed E-state index contributed by atoms with van der Waals surface area (Å²) >= 11 is 0. The van der Waals surface area contributed by atoms with Gasteiger partial charge in [-0.05, 0) is 49.8 Å². The number of nitrogens with zero attached hydrogens (tertiary/aromatic N) is 1. The zero-order valence-corrected chi connectivity index (χ0v) is 27.6. The Hall–Kier alpha value is -2.81. The second kappa shape index (κ2) is 11.1. The Morgan fingerprint density at radius 2 is 1.68 bits per heavy atom. The number of esters is 2. The molecule has 14 unspecified atom stereocenters. The number of hydrogen-bond donors (Lipinski definition) is 2. The number of fused-ring (bicyclic) bond motifs is 2. The van der Waals surface area contributed by atoms with E-state index in [4.69, 9.17) is 33.2 Å². The fraction of sp³-hybridized carbons (Fsp3) is 0.735. The van der Waals surface area contributed by atoms with E-state index >= 15 is 0 Å². The minimum Gasteiger partial charge on any atom is -0.455 e. The Labute approximate surface area is 273 Å². The topological polar surface area (TPSA) is 160 Å². The SMILES string of the molecule is COC1CC2(COC(=O)O)CN(C)C3C4C(OC)C2C3(C1)C1CC2(OC)C(OC)C(O)C4(OC(C)=O)C1C2OC(=O)c1ccccc1. The summed E-state index contributed by atoms with van der Waals surface area (Å²) in [5.74, 6) is -3.13. The summed E-state index contributed by atoms with van der Waals surface area (Å²) in [6.07, 6.45) is -4.16. The van der Waals surface area contributed by atoms with E-state index in [1.807, 2.05) is 13.1 Å². The van der Waals surface area contributed by atoms with E-state index in [1.54, 1.807) is 38.5 Å². The molecule has 6 fully saturated rings. The van der Waals surface area contributed by atoms with Crippen LogP contribution in [0.25, 0.3) is 0 Å². The Kier molecular flexibility index (Phi) is 7.73. The number of hydrogen-bond acceptors (Lipinski definition) is 12. The van der Waals surface area contributed by atoms with Crippen LogP contribution < -0.4 is 0 Å². The molecule has 7 rings (SSSR count). The molecule has 1 aromatic rings. The Bertz CT molecular complexity index is 1430. The van der Waals surface area contributed by atoms with Crippen LogP contribution in [0.4, 0.5) is 4.79 Å². The first-order valence-corrected chi connectivity index (χ1v) is 16.3. The number of ether oxygens (including phenoxy) is 7. The average molecular weight is 660 g/mol. The lowest BCUT2D eigenvalue weighted by atomic mass is 9.43. The summed E-state index contributed by atoms with van der Waals surface area (Å²) in [4.78, 5) is 41.2. The molecule has 1 spiro atoms. The highest BCUT2D eigenvalue weighted by atomic mass is 16.7. The van der Waals surface area contributed by atoms with Gasteiger partial charge in [-0.2, -0.15) is 0 Å². The molecule has 14 atom stereocenters. The molecule has 1 heterocycles. The van der Waals surface area contributed by atoms with Crippen molar-refractivity contribution in [2.45, 2.75) is 73.9 Å². The maximum Gasteiger partial charge on any atom is 0.505 e. The van der Waals surface area contributed by atoms with Crippen LogP contribution in [-0.2, 0) is 38.0 Å². The predicted octanol–water partition coefficient (Wildman–Crippen LogP) is 1.99. The van der Waals surface area contributed by atoms with Gasteiger partial charge in [0.1, 0.15) is 30.5 Å². The van der Waals surface area contributed by atoms with Crippen molar-refractivity contribution in [3.8, 4) is 0 Å². The zero-order valence-electron chi connectivity index (χ0n) is 27.6. The van der Waals surface area contributed by atoms with Crippen LogP contribution in [0, 0.1) is 34.5 Å². The van der Waals surface area contributed by atoms with Crippen molar-refractivity contribution in [1.29, 1.82) is 0 Å². The highest BCUT2D eigenvalue weighted by Crippen LogP contribution is 2.80. The number of likely N-dealkylation sites (tertiary alicyclic amines) is 1. The van der Waals surface area contributed by atoms with Gasteiger partial charge in [0.05, 0.1) is 17.8 Å². The number of piperidine rings is 1. The molecule has 47 heavy (non-hydrogen) atoms. The Morgan fingerprint density at radius 1 is 0.957 bits per heavy atom. The third-order valence-electron chi connectivity index (χ3n) is 13.1. The molecule has 5 saturated carbocycles. The largest absolute Gasteiger partial charge is 0.505 e. The number of carbonyl (C=O) groups excluding carboxylic acids is 2. The molecule has 0 aromatic heterocycles. The minimum absolute atomic E-state index is 0.0820. The van der Waals surface area contributed by atoms with Crippen molar-refractivity contribution in [2.75, 3.05) is 48.6 Å².